The molecule has 2 heterocycles. The van der Waals surface area contributed by atoms with E-state index < -0.39 is 5.82 Å². The molecule has 1 atom stereocenters. The first kappa shape index (κ1) is 16.1. The summed E-state index contributed by atoms with van der Waals surface area (Å²) in [6.45, 7) is 3.55. The maximum absolute atomic E-state index is 14.0. The fraction of sp³-hybridized carbons (Fsp3) is 0.188. The summed E-state index contributed by atoms with van der Waals surface area (Å²) >= 11 is 1.40. The smallest absolute Gasteiger partial charge is 0.256 e. The minimum absolute atomic E-state index is 0.102. The number of carbonyl (C=O) groups is 1. The Hall–Kier alpha value is -2.74. The Labute approximate surface area is 141 Å². The van der Waals surface area contributed by atoms with E-state index in [1.807, 2.05) is 6.92 Å². The van der Waals surface area contributed by atoms with E-state index in [1.165, 1.54) is 23.5 Å². The number of hydrogen-bond donors (Lipinski definition) is 2. The Morgan fingerprint density at radius 1 is 1.33 bits per heavy atom. The molecule has 0 spiro atoms. The lowest BCUT2D eigenvalue weighted by atomic mass is 10.2. The van der Waals surface area contributed by atoms with Crippen LogP contribution in [0.4, 0.5) is 15.8 Å². The molecule has 0 bridgehead atoms. The molecule has 0 saturated carbocycles. The third kappa shape index (κ3) is 3.60. The van der Waals surface area contributed by atoms with Gasteiger partial charge in [-0.3, -0.25) is 4.79 Å². The first-order chi connectivity index (χ1) is 11.5. The monoisotopic (exact) mass is 346 g/mol. The molecule has 3 aromatic rings. The van der Waals surface area contributed by atoms with Crippen LogP contribution in [0, 0.1) is 12.7 Å². The zero-order valence-corrected chi connectivity index (χ0v) is 13.9. The van der Waals surface area contributed by atoms with Crippen LogP contribution in [0.1, 0.15) is 35.1 Å². The van der Waals surface area contributed by atoms with Crippen LogP contribution < -0.4 is 10.6 Å². The second-order valence-corrected chi connectivity index (χ2v) is 5.97. The van der Waals surface area contributed by atoms with Crippen molar-refractivity contribution in [2.75, 3.05) is 10.6 Å². The molecule has 24 heavy (non-hydrogen) atoms. The first-order valence-electron chi connectivity index (χ1n) is 7.22. The molecule has 0 unspecified atom stereocenters. The molecule has 1 aromatic carbocycles. The number of anilines is 2. The average Bonchev–Trinajstić information content (AvgIpc) is 3.22. The van der Waals surface area contributed by atoms with Crippen LogP contribution in [0.25, 0.3) is 0 Å². The number of halogens is 1. The summed E-state index contributed by atoms with van der Waals surface area (Å²) in [6, 6.07) is 5.82. The van der Waals surface area contributed by atoms with E-state index >= 15 is 0 Å². The van der Waals surface area contributed by atoms with E-state index in [1.54, 1.807) is 29.8 Å². The number of hydrogen-bond acceptors (Lipinski definition) is 6. The third-order valence-corrected chi connectivity index (χ3v) is 3.98. The van der Waals surface area contributed by atoms with Gasteiger partial charge in [-0.2, -0.15) is 11.3 Å². The number of benzene rings is 1. The molecule has 0 aliphatic carbocycles. The molecule has 0 saturated heterocycles. The van der Waals surface area contributed by atoms with Gasteiger partial charge in [0.2, 0.25) is 11.8 Å². The average molecular weight is 346 g/mol. The second kappa shape index (κ2) is 6.79. The van der Waals surface area contributed by atoms with E-state index in [2.05, 4.69) is 20.8 Å². The second-order valence-electron chi connectivity index (χ2n) is 5.19. The van der Waals surface area contributed by atoms with Crippen molar-refractivity contribution in [3.8, 4) is 0 Å². The van der Waals surface area contributed by atoms with Gasteiger partial charge in [-0.15, -0.1) is 10.2 Å². The molecule has 0 fully saturated rings. The Morgan fingerprint density at radius 3 is 2.83 bits per heavy atom. The van der Waals surface area contributed by atoms with Gasteiger partial charge < -0.3 is 15.1 Å². The van der Waals surface area contributed by atoms with Crippen molar-refractivity contribution in [2.24, 2.45) is 0 Å². The van der Waals surface area contributed by atoms with E-state index in [-0.39, 0.29) is 17.6 Å². The third-order valence-electron chi connectivity index (χ3n) is 3.29. The Balaban J connectivity index is 1.75. The number of aryl methyl sites for hydroxylation is 1. The largest absolute Gasteiger partial charge is 0.423 e. The first-order valence-corrected chi connectivity index (χ1v) is 8.17. The zero-order valence-electron chi connectivity index (χ0n) is 13.0. The summed E-state index contributed by atoms with van der Waals surface area (Å²) in [6.07, 6.45) is 0. The predicted octanol–water partition coefficient (Wildman–Crippen LogP) is 4.00. The fourth-order valence-corrected chi connectivity index (χ4v) is 2.73. The van der Waals surface area contributed by atoms with E-state index in [0.29, 0.717) is 23.0 Å². The molecule has 8 heteroatoms. The molecule has 0 aliphatic rings. The SMILES string of the molecule is Cc1nnc([C@H](C)Nc2ccc(F)c(NC(=O)c3ccsc3)c2)o1. The molecule has 0 radical (unpaired) electrons. The molecule has 3 rings (SSSR count). The molecule has 2 N–H and O–H groups in total. The number of thiophene rings is 1. The standard InChI is InChI=1S/C16H15FN4O2S/c1-9(16-21-20-10(2)23-16)18-12-3-4-13(17)14(7-12)19-15(22)11-5-6-24-8-11/h3-9,18H,1-2H3,(H,19,22)/t9-/m0/s1. The van der Waals surface area contributed by atoms with Crippen molar-refractivity contribution in [1.82, 2.24) is 10.2 Å². The van der Waals surface area contributed by atoms with Gasteiger partial charge in [0.15, 0.2) is 0 Å². The van der Waals surface area contributed by atoms with Crippen LogP contribution in [0.3, 0.4) is 0 Å². The highest BCUT2D eigenvalue weighted by Crippen LogP contribution is 2.24. The molecular formula is C16H15FN4O2S. The Bertz CT molecular complexity index is 848. The fourth-order valence-electron chi connectivity index (χ4n) is 2.10. The summed E-state index contributed by atoms with van der Waals surface area (Å²) in [5.74, 6) is 0.0421. The van der Waals surface area contributed by atoms with Crippen molar-refractivity contribution in [1.29, 1.82) is 0 Å². The summed E-state index contributed by atoms with van der Waals surface area (Å²) in [5, 5.41) is 16.9. The maximum atomic E-state index is 14.0. The number of carbonyl (C=O) groups excluding carboxylic acids is 1. The summed E-state index contributed by atoms with van der Waals surface area (Å²) in [5.41, 5.74) is 1.22. The highest BCUT2D eigenvalue weighted by Gasteiger charge is 2.14. The van der Waals surface area contributed by atoms with Crippen LogP contribution in [-0.2, 0) is 0 Å². The normalized spacial score (nSPS) is 12.0. The van der Waals surface area contributed by atoms with Crippen molar-refractivity contribution in [3.05, 3.63) is 58.2 Å². The topological polar surface area (TPSA) is 80.0 Å². The van der Waals surface area contributed by atoms with Gasteiger partial charge >= 0.3 is 0 Å². The maximum Gasteiger partial charge on any atom is 0.256 e. The number of aromatic nitrogens is 2. The van der Waals surface area contributed by atoms with Crippen LogP contribution in [0.2, 0.25) is 0 Å². The minimum Gasteiger partial charge on any atom is -0.423 e. The molecule has 6 nitrogen and oxygen atoms in total. The molecule has 1 amide bonds. The lowest BCUT2D eigenvalue weighted by Gasteiger charge is -2.13. The predicted molar refractivity (Wildman–Crippen MR) is 89.7 cm³/mol. The Morgan fingerprint density at radius 2 is 2.17 bits per heavy atom. The highest BCUT2D eigenvalue weighted by molar-refractivity contribution is 7.08. The number of rotatable bonds is 5. The molecule has 124 valence electrons. The summed E-state index contributed by atoms with van der Waals surface area (Å²) < 4.78 is 19.3. The van der Waals surface area contributed by atoms with Crippen LogP contribution in [-0.4, -0.2) is 16.1 Å². The molecule has 0 aliphatic heterocycles. The van der Waals surface area contributed by atoms with Gasteiger partial charge in [0, 0.05) is 18.0 Å². The van der Waals surface area contributed by atoms with Crippen molar-refractivity contribution in [3.63, 3.8) is 0 Å². The van der Waals surface area contributed by atoms with Crippen molar-refractivity contribution < 1.29 is 13.6 Å². The number of nitrogens with one attached hydrogen (secondary N) is 2. The zero-order chi connectivity index (χ0) is 17.1. The minimum atomic E-state index is -0.509. The summed E-state index contributed by atoms with van der Waals surface area (Å²) in [4.78, 5) is 12.1. The lowest BCUT2D eigenvalue weighted by molar-refractivity contribution is 0.102. The molecular weight excluding hydrogens is 331 g/mol. The van der Waals surface area contributed by atoms with Crippen LogP contribution in [0.5, 0.6) is 0 Å². The summed E-state index contributed by atoms with van der Waals surface area (Å²) in [7, 11) is 0. The van der Waals surface area contributed by atoms with Gasteiger partial charge in [-0.25, -0.2) is 4.39 Å². The Kier molecular flexibility index (Phi) is 4.57. The van der Waals surface area contributed by atoms with Gasteiger partial charge in [0.1, 0.15) is 11.9 Å². The van der Waals surface area contributed by atoms with Gasteiger partial charge in [0.05, 0.1) is 11.3 Å². The van der Waals surface area contributed by atoms with E-state index in [9.17, 15) is 9.18 Å². The van der Waals surface area contributed by atoms with Gasteiger partial charge in [0.25, 0.3) is 5.91 Å². The van der Waals surface area contributed by atoms with E-state index in [0.717, 1.165) is 0 Å². The quantitative estimate of drug-likeness (QED) is 0.730. The lowest BCUT2D eigenvalue weighted by Crippen LogP contribution is -2.13. The van der Waals surface area contributed by atoms with E-state index in [4.69, 9.17) is 4.42 Å². The van der Waals surface area contributed by atoms with Crippen molar-refractivity contribution in [2.45, 2.75) is 19.9 Å². The van der Waals surface area contributed by atoms with Crippen LogP contribution in [0.15, 0.2) is 39.4 Å². The molecule has 2 aromatic heterocycles. The highest BCUT2D eigenvalue weighted by atomic mass is 32.1. The number of amides is 1. The van der Waals surface area contributed by atoms with Crippen molar-refractivity contribution >= 4 is 28.6 Å². The van der Waals surface area contributed by atoms with Gasteiger partial charge in [-0.1, -0.05) is 0 Å². The number of nitrogens with zero attached hydrogens (tertiary/aromatic N) is 2. The van der Waals surface area contributed by atoms with Gasteiger partial charge in [-0.05, 0) is 36.6 Å². The van der Waals surface area contributed by atoms with Crippen LogP contribution >= 0.6 is 11.3 Å².